The third kappa shape index (κ3) is 2.25. The van der Waals surface area contributed by atoms with Crippen LogP contribution in [0, 0.1) is 0 Å². The maximum atomic E-state index is 5.59. The second-order valence-corrected chi connectivity index (χ2v) is 3.29. The maximum absolute atomic E-state index is 5.59. The topological polar surface area (TPSA) is 34.1 Å². The highest BCUT2D eigenvalue weighted by Gasteiger charge is 2.01. The molecule has 0 radical (unpaired) electrons. The fraction of sp³-hybridized carbons (Fsp3) is 0.250. The highest BCUT2D eigenvalue weighted by molar-refractivity contribution is 5.86. The molecule has 15 heavy (non-hydrogen) atoms. The average molecular weight is 202 g/mol. The molecule has 0 atom stereocenters. The molecule has 3 nitrogen and oxygen atoms in total. The molecule has 1 N–H and O–H groups in total. The van der Waals surface area contributed by atoms with E-state index in [-0.39, 0.29) is 0 Å². The quantitative estimate of drug-likeness (QED) is 0.768. The van der Waals surface area contributed by atoms with Crippen LogP contribution in [-0.4, -0.2) is 25.2 Å². The van der Waals surface area contributed by atoms with Crippen LogP contribution in [0.4, 0.5) is 0 Å². The van der Waals surface area contributed by atoms with Crippen LogP contribution in [0.15, 0.2) is 36.5 Å². The van der Waals surface area contributed by atoms with E-state index in [4.69, 9.17) is 4.74 Å². The molecule has 1 aromatic carbocycles. The number of hydrogen-bond donors (Lipinski definition) is 1. The Labute approximate surface area is 89.1 Å². The van der Waals surface area contributed by atoms with E-state index in [9.17, 15) is 0 Å². The molecule has 0 saturated heterocycles. The van der Waals surface area contributed by atoms with Crippen LogP contribution in [0.2, 0.25) is 0 Å². The summed E-state index contributed by atoms with van der Waals surface area (Å²) in [7, 11) is 1.90. The second-order valence-electron chi connectivity index (χ2n) is 3.29. The maximum Gasteiger partial charge on any atom is 0.221 e. The smallest absolute Gasteiger partial charge is 0.221 e. The molecular formula is C12H14N2O. The zero-order valence-corrected chi connectivity index (χ0v) is 8.73. The van der Waals surface area contributed by atoms with Crippen LogP contribution >= 0.6 is 0 Å². The van der Waals surface area contributed by atoms with Crippen molar-refractivity contribution in [2.24, 2.45) is 0 Å². The second kappa shape index (κ2) is 4.75. The lowest BCUT2D eigenvalue weighted by molar-refractivity contribution is 0.310. The van der Waals surface area contributed by atoms with Gasteiger partial charge in [0.25, 0.3) is 0 Å². The van der Waals surface area contributed by atoms with Crippen LogP contribution in [0.5, 0.6) is 5.88 Å². The van der Waals surface area contributed by atoms with Crippen molar-refractivity contribution in [3.63, 3.8) is 0 Å². The first kappa shape index (κ1) is 9.93. The summed E-state index contributed by atoms with van der Waals surface area (Å²) in [6.45, 7) is 1.46. The van der Waals surface area contributed by atoms with E-state index < -0.39 is 0 Å². The van der Waals surface area contributed by atoms with Crippen LogP contribution in [0.1, 0.15) is 0 Å². The molecule has 0 aliphatic carbocycles. The van der Waals surface area contributed by atoms with Crippen molar-refractivity contribution in [1.29, 1.82) is 0 Å². The van der Waals surface area contributed by atoms with E-state index in [0.29, 0.717) is 12.5 Å². The highest BCUT2D eigenvalue weighted by Crippen LogP contribution is 2.21. The number of rotatable bonds is 4. The molecule has 0 fully saturated rings. The minimum atomic E-state index is 0.636. The van der Waals surface area contributed by atoms with Crippen molar-refractivity contribution in [2.45, 2.75) is 0 Å². The molecular weight excluding hydrogens is 188 g/mol. The van der Waals surface area contributed by atoms with Crippen LogP contribution in [0.25, 0.3) is 10.8 Å². The largest absolute Gasteiger partial charge is 0.476 e. The van der Waals surface area contributed by atoms with Gasteiger partial charge in [0.05, 0.1) is 0 Å². The third-order valence-corrected chi connectivity index (χ3v) is 2.23. The molecule has 1 aromatic heterocycles. The Hall–Kier alpha value is -1.61. The lowest BCUT2D eigenvalue weighted by atomic mass is 10.2. The molecule has 0 unspecified atom stereocenters. The first-order valence-electron chi connectivity index (χ1n) is 5.03. The monoisotopic (exact) mass is 202 g/mol. The standard InChI is InChI=1S/C12H14N2O/c1-13-8-9-15-12-11-5-3-2-4-10(11)6-7-14-12/h2-7,13H,8-9H2,1H3. The molecule has 1 heterocycles. The summed E-state index contributed by atoms with van der Waals surface area (Å²) < 4.78 is 5.59. The first-order chi connectivity index (χ1) is 7.42. The number of hydrogen-bond acceptors (Lipinski definition) is 3. The minimum absolute atomic E-state index is 0.636. The van der Waals surface area contributed by atoms with Crippen LogP contribution < -0.4 is 10.1 Å². The zero-order chi connectivity index (χ0) is 10.5. The van der Waals surface area contributed by atoms with Gasteiger partial charge in [0.1, 0.15) is 6.61 Å². The van der Waals surface area contributed by atoms with Gasteiger partial charge in [0.15, 0.2) is 0 Å². The van der Waals surface area contributed by atoms with Gasteiger partial charge in [-0.2, -0.15) is 0 Å². The molecule has 0 bridgehead atoms. The van der Waals surface area contributed by atoms with Gasteiger partial charge in [-0.25, -0.2) is 4.98 Å². The molecule has 0 aliphatic heterocycles. The Balaban J connectivity index is 2.26. The van der Waals surface area contributed by atoms with Crippen molar-refractivity contribution >= 4 is 10.8 Å². The average Bonchev–Trinajstić information content (AvgIpc) is 2.30. The van der Waals surface area contributed by atoms with Gasteiger partial charge in [-0.1, -0.05) is 18.2 Å². The normalized spacial score (nSPS) is 10.5. The van der Waals surface area contributed by atoms with Gasteiger partial charge in [0.2, 0.25) is 5.88 Å². The van der Waals surface area contributed by atoms with E-state index >= 15 is 0 Å². The Bertz CT molecular complexity index is 437. The van der Waals surface area contributed by atoms with E-state index in [1.165, 1.54) is 0 Å². The van der Waals surface area contributed by atoms with Crippen molar-refractivity contribution in [1.82, 2.24) is 10.3 Å². The van der Waals surface area contributed by atoms with Crippen LogP contribution in [-0.2, 0) is 0 Å². The molecule has 0 spiro atoms. The Morgan fingerprint density at radius 3 is 3.00 bits per heavy atom. The zero-order valence-electron chi connectivity index (χ0n) is 8.73. The van der Waals surface area contributed by atoms with Crippen LogP contribution in [0.3, 0.4) is 0 Å². The van der Waals surface area contributed by atoms with E-state index in [1.807, 2.05) is 31.3 Å². The number of nitrogens with zero attached hydrogens (tertiary/aromatic N) is 1. The molecule has 2 aromatic rings. The SMILES string of the molecule is CNCCOc1nccc2ccccc12. The van der Waals surface area contributed by atoms with Crippen molar-refractivity contribution < 1.29 is 4.74 Å². The summed E-state index contributed by atoms with van der Waals surface area (Å²) in [5.74, 6) is 0.711. The molecule has 2 rings (SSSR count). The number of fused-ring (bicyclic) bond motifs is 1. The summed E-state index contributed by atoms with van der Waals surface area (Å²) in [5.41, 5.74) is 0. The molecule has 0 aliphatic rings. The van der Waals surface area contributed by atoms with Gasteiger partial charge < -0.3 is 10.1 Å². The Morgan fingerprint density at radius 2 is 2.13 bits per heavy atom. The molecule has 0 amide bonds. The van der Waals surface area contributed by atoms with Gasteiger partial charge in [-0.3, -0.25) is 0 Å². The fourth-order valence-corrected chi connectivity index (χ4v) is 1.46. The van der Waals surface area contributed by atoms with Crippen molar-refractivity contribution in [3.8, 4) is 5.88 Å². The molecule has 3 heteroatoms. The molecule has 78 valence electrons. The van der Waals surface area contributed by atoms with Crippen molar-refractivity contribution in [3.05, 3.63) is 36.5 Å². The predicted molar refractivity (Wildman–Crippen MR) is 61.2 cm³/mol. The highest BCUT2D eigenvalue weighted by atomic mass is 16.5. The number of ether oxygens (including phenoxy) is 1. The van der Waals surface area contributed by atoms with Crippen molar-refractivity contribution in [2.75, 3.05) is 20.2 Å². The van der Waals surface area contributed by atoms with Gasteiger partial charge in [-0.15, -0.1) is 0 Å². The molecule has 0 saturated carbocycles. The lowest BCUT2D eigenvalue weighted by Gasteiger charge is -2.07. The number of aromatic nitrogens is 1. The summed E-state index contributed by atoms with van der Waals surface area (Å²) in [6.07, 6.45) is 1.77. The minimum Gasteiger partial charge on any atom is -0.476 e. The third-order valence-electron chi connectivity index (χ3n) is 2.23. The lowest BCUT2D eigenvalue weighted by Crippen LogP contribution is -2.16. The first-order valence-corrected chi connectivity index (χ1v) is 5.03. The van der Waals surface area contributed by atoms with Gasteiger partial charge in [-0.05, 0) is 24.6 Å². The Morgan fingerprint density at radius 1 is 1.27 bits per heavy atom. The van der Waals surface area contributed by atoms with Gasteiger partial charge in [0, 0.05) is 18.1 Å². The van der Waals surface area contributed by atoms with E-state index in [1.54, 1.807) is 6.20 Å². The van der Waals surface area contributed by atoms with E-state index in [2.05, 4.69) is 16.4 Å². The number of benzene rings is 1. The summed E-state index contributed by atoms with van der Waals surface area (Å²) in [5, 5.41) is 5.26. The predicted octanol–water partition coefficient (Wildman–Crippen LogP) is 1.83. The van der Waals surface area contributed by atoms with E-state index in [0.717, 1.165) is 17.3 Å². The fourth-order valence-electron chi connectivity index (χ4n) is 1.46. The number of nitrogens with one attached hydrogen (secondary N) is 1. The summed E-state index contributed by atoms with van der Waals surface area (Å²) >= 11 is 0. The summed E-state index contributed by atoms with van der Waals surface area (Å²) in [4.78, 5) is 4.23. The van der Waals surface area contributed by atoms with Gasteiger partial charge >= 0.3 is 0 Å². The number of pyridine rings is 1. The Kier molecular flexibility index (Phi) is 3.15. The summed E-state index contributed by atoms with van der Waals surface area (Å²) in [6, 6.07) is 10.1. The number of likely N-dealkylation sites (N-methyl/N-ethyl adjacent to an activating group) is 1.